The van der Waals surface area contributed by atoms with E-state index in [2.05, 4.69) is 4.98 Å². The number of aldehydes is 1. The van der Waals surface area contributed by atoms with Gasteiger partial charge in [-0.25, -0.2) is 0 Å². The number of aryl methyl sites for hydroxylation is 1. The van der Waals surface area contributed by atoms with E-state index in [1.54, 1.807) is 6.92 Å². The number of aliphatic hydroxyl groups is 1. The molecular weight excluding hydrogens is 170 g/mol. The number of carbonyl (C=O) groups excluding carboxylic acids is 1. The van der Waals surface area contributed by atoms with Crippen molar-refractivity contribution in [3.8, 4) is 5.75 Å². The van der Waals surface area contributed by atoms with Gasteiger partial charge in [0.25, 0.3) is 0 Å². The van der Waals surface area contributed by atoms with Crippen LogP contribution in [-0.4, -0.2) is 21.5 Å². The van der Waals surface area contributed by atoms with Crippen molar-refractivity contribution < 1.29 is 15.0 Å². The van der Waals surface area contributed by atoms with Crippen LogP contribution in [0.15, 0.2) is 6.20 Å². The van der Waals surface area contributed by atoms with Gasteiger partial charge >= 0.3 is 0 Å². The highest BCUT2D eigenvalue weighted by Crippen LogP contribution is 2.25. The van der Waals surface area contributed by atoms with Crippen molar-refractivity contribution in [1.82, 2.24) is 4.98 Å². The maximum absolute atomic E-state index is 10.6. The fourth-order valence-electron chi connectivity index (χ4n) is 1.09. The van der Waals surface area contributed by atoms with Gasteiger partial charge in [-0.1, -0.05) is 0 Å². The lowest BCUT2D eigenvalue weighted by Crippen LogP contribution is -2.00. The summed E-state index contributed by atoms with van der Waals surface area (Å²) in [4.78, 5) is 14.4. The van der Waals surface area contributed by atoms with Crippen LogP contribution in [0.1, 0.15) is 34.6 Å². The maximum Gasteiger partial charge on any atom is 0.154 e. The smallest absolute Gasteiger partial charge is 0.154 e. The van der Waals surface area contributed by atoms with Crippen LogP contribution in [0.3, 0.4) is 0 Å². The molecular formula is C9H11NO3. The van der Waals surface area contributed by atoms with E-state index >= 15 is 0 Å². The minimum absolute atomic E-state index is 0.113. The lowest BCUT2D eigenvalue weighted by molar-refractivity contribution is 0.111. The first kappa shape index (κ1) is 9.67. The Balaban J connectivity index is 3.38. The quantitative estimate of drug-likeness (QED) is 0.667. The predicted octanol–water partition coefficient (Wildman–Crippen LogP) is 0.961. The molecule has 0 amide bonds. The van der Waals surface area contributed by atoms with E-state index in [0.29, 0.717) is 17.5 Å². The predicted molar refractivity (Wildman–Crippen MR) is 46.7 cm³/mol. The highest BCUT2D eigenvalue weighted by Gasteiger charge is 2.13. The summed E-state index contributed by atoms with van der Waals surface area (Å²) in [5.74, 6) is -0.159. The summed E-state index contributed by atoms with van der Waals surface area (Å²) in [5, 5.41) is 18.7. The summed E-state index contributed by atoms with van der Waals surface area (Å²) >= 11 is 0. The van der Waals surface area contributed by atoms with Crippen molar-refractivity contribution in [3.63, 3.8) is 0 Å². The third-order valence-electron chi connectivity index (χ3n) is 1.87. The summed E-state index contributed by atoms with van der Waals surface area (Å²) in [6.45, 7) is 3.10. The molecule has 1 aromatic heterocycles. The molecule has 70 valence electrons. The van der Waals surface area contributed by atoms with Crippen molar-refractivity contribution in [2.45, 2.75) is 20.0 Å². The second-order valence-corrected chi connectivity index (χ2v) is 2.86. The van der Waals surface area contributed by atoms with Gasteiger partial charge in [0.05, 0.1) is 17.4 Å². The maximum atomic E-state index is 10.6. The Kier molecular flexibility index (Phi) is 2.63. The Hall–Kier alpha value is -1.42. The van der Waals surface area contributed by atoms with E-state index in [1.807, 2.05) is 0 Å². The zero-order valence-electron chi connectivity index (χ0n) is 7.48. The number of carbonyl (C=O) groups is 1. The van der Waals surface area contributed by atoms with E-state index < -0.39 is 6.10 Å². The molecule has 1 heterocycles. The largest absolute Gasteiger partial charge is 0.505 e. The Morgan fingerprint density at radius 2 is 2.23 bits per heavy atom. The number of hydrogen-bond acceptors (Lipinski definition) is 4. The lowest BCUT2D eigenvalue weighted by atomic mass is 10.1. The molecule has 4 nitrogen and oxygen atoms in total. The Bertz CT molecular complexity index is 334. The SMILES string of the molecule is Cc1ncc(C(C)O)c(C=O)c1O. The summed E-state index contributed by atoms with van der Waals surface area (Å²) in [7, 11) is 0. The van der Waals surface area contributed by atoms with Crippen molar-refractivity contribution in [2.75, 3.05) is 0 Å². The van der Waals surface area contributed by atoms with Gasteiger partial charge in [0.15, 0.2) is 6.29 Å². The number of aromatic hydroxyl groups is 1. The van der Waals surface area contributed by atoms with Crippen molar-refractivity contribution in [3.05, 3.63) is 23.0 Å². The first-order valence-corrected chi connectivity index (χ1v) is 3.89. The van der Waals surface area contributed by atoms with Gasteiger partial charge in [-0.2, -0.15) is 0 Å². The van der Waals surface area contributed by atoms with Crippen molar-refractivity contribution in [2.24, 2.45) is 0 Å². The molecule has 1 aromatic rings. The van der Waals surface area contributed by atoms with E-state index in [4.69, 9.17) is 0 Å². The van der Waals surface area contributed by atoms with Crippen LogP contribution in [0.5, 0.6) is 5.75 Å². The Morgan fingerprint density at radius 1 is 1.62 bits per heavy atom. The number of hydrogen-bond donors (Lipinski definition) is 2. The lowest BCUT2D eigenvalue weighted by Gasteiger charge is -2.09. The third-order valence-corrected chi connectivity index (χ3v) is 1.87. The standard InChI is InChI=1S/C9H11NO3/c1-5-9(13)8(4-11)7(3-10-5)6(2)12/h3-4,6,12-13H,1-2H3. The molecule has 0 aliphatic heterocycles. The zero-order chi connectivity index (χ0) is 10.0. The molecule has 0 aliphatic rings. The topological polar surface area (TPSA) is 70.4 Å². The van der Waals surface area contributed by atoms with Gasteiger partial charge in [-0.3, -0.25) is 9.78 Å². The van der Waals surface area contributed by atoms with Gasteiger partial charge < -0.3 is 10.2 Å². The van der Waals surface area contributed by atoms with Gasteiger partial charge in [-0.05, 0) is 13.8 Å². The second-order valence-electron chi connectivity index (χ2n) is 2.86. The summed E-state index contributed by atoms with van der Waals surface area (Å²) in [5.41, 5.74) is 0.840. The average molecular weight is 181 g/mol. The van der Waals surface area contributed by atoms with Gasteiger partial charge in [-0.15, -0.1) is 0 Å². The molecule has 13 heavy (non-hydrogen) atoms. The number of nitrogens with zero attached hydrogens (tertiary/aromatic N) is 1. The van der Waals surface area contributed by atoms with E-state index in [0.717, 1.165) is 0 Å². The average Bonchev–Trinajstić information content (AvgIpc) is 2.09. The summed E-state index contributed by atoms with van der Waals surface area (Å²) in [6, 6.07) is 0. The van der Waals surface area contributed by atoms with Crippen molar-refractivity contribution >= 4 is 6.29 Å². The van der Waals surface area contributed by atoms with Crippen LogP contribution in [0, 0.1) is 6.92 Å². The van der Waals surface area contributed by atoms with Crippen LogP contribution >= 0.6 is 0 Å². The fraction of sp³-hybridized carbons (Fsp3) is 0.333. The summed E-state index contributed by atoms with van der Waals surface area (Å²) < 4.78 is 0. The fourth-order valence-corrected chi connectivity index (χ4v) is 1.09. The monoisotopic (exact) mass is 181 g/mol. The molecule has 0 aromatic carbocycles. The molecule has 0 bridgehead atoms. The molecule has 1 unspecified atom stereocenters. The van der Waals surface area contributed by atoms with Crippen LogP contribution in [0.2, 0.25) is 0 Å². The van der Waals surface area contributed by atoms with Crippen LogP contribution in [0.25, 0.3) is 0 Å². The molecule has 0 saturated carbocycles. The third kappa shape index (κ3) is 1.67. The highest BCUT2D eigenvalue weighted by molar-refractivity contribution is 5.81. The summed E-state index contributed by atoms with van der Waals surface area (Å²) in [6.07, 6.45) is 1.11. The van der Waals surface area contributed by atoms with Gasteiger partial charge in [0.1, 0.15) is 5.75 Å². The number of aromatic nitrogens is 1. The van der Waals surface area contributed by atoms with E-state index in [1.165, 1.54) is 13.1 Å². The minimum atomic E-state index is -0.806. The van der Waals surface area contributed by atoms with Gasteiger partial charge in [0, 0.05) is 11.8 Å². The Labute approximate surface area is 75.9 Å². The first-order valence-electron chi connectivity index (χ1n) is 3.89. The first-order chi connectivity index (χ1) is 6.07. The second kappa shape index (κ2) is 3.53. The Morgan fingerprint density at radius 3 is 2.69 bits per heavy atom. The molecule has 0 spiro atoms. The normalized spacial score (nSPS) is 12.5. The van der Waals surface area contributed by atoms with Crippen molar-refractivity contribution in [1.29, 1.82) is 0 Å². The molecule has 4 heteroatoms. The van der Waals surface area contributed by atoms with E-state index in [9.17, 15) is 15.0 Å². The number of pyridine rings is 1. The highest BCUT2D eigenvalue weighted by atomic mass is 16.3. The molecule has 1 atom stereocenters. The number of aliphatic hydroxyl groups excluding tert-OH is 1. The molecule has 0 aliphatic carbocycles. The van der Waals surface area contributed by atoms with Crippen LogP contribution in [0.4, 0.5) is 0 Å². The van der Waals surface area contributed by atoms with E-state index in [-0.39, 0.29) is 11.3 Å². The van der Waals surface area contributed by atoms with Crippen LogP contribution in [-0.2, 0) is 0 Å². The zero-order valence-corrected chi connectivity index (χ0v) is 7.48. The number of rotatable bonds is 2. The molecule has 0 fully saturated rings. The van der Waals surface area contributed by atoms with Gasteiger partial charge in [0.2, 0.25) is 0 Å². The molecule has 0 saturated heterocycles. The van der Waals surface area contributed by atoms with Crippen LogP contribution < -0.4 is 0 Å². The molecule has 1 rings (SSSR count). The minimum Gasteiger partial charge on any atom is -0.505 e. The molecule has 2 N–H and O–H groups in total. The molecule has 0 radical (unpaired) electrons.